The van der Waals surface area contributed by atoms with Crippen molar-refractivity contribution in [3.63, 3.8) is 0 Å². The van der Waals surface area contributed by atoms with Gasteiger partial charge in [0.2, 0.25) is 0 Å². The number of rotatable bonds is 5. The van der Waals surface area contributed by atoms with Crippen LogP contribution in [0.5, 0.6) is 0 Å². The normalized spacial score (nSPS) is 11.5. The van der Waals surface area contributed by atoms with Crippen molar-refractivity contribution >= 4 is 5.69 Å². The first-order valence-electron chi connectivity index (χ1n) is 7.68. The van der Waals surface area contributed by atoms with Crippen LogP contribution in [-0.4, -0.2) is 16.7 Å². The van der Waals surface area contributed by atoms with Gasteiger partial charge in [-0.3, -0.25) is 4.98 Å². The number of pyridine rings is 1. The monoisotopic (exact) mass is 315 g/mol. The summed E-state index contributed by atoms with van der Waals surface area (Å²) in [6.07, 6.45) is 3.52. The lowest BCUT2D eigenvalue weighted by molar-refractivity contribution is 0.276. The highest BCUT2D eigenvalue weighted by Gasteiger charge is 2.10. The fourth-order valence-electron chi connectivity index (χ4n) is 2.53. The van der Waals surface area contributed by atoms with Crippen LogP contribution >= 0.6 is 0 Å². The molecule has 24 heavy (non-hydrogen) atoms. The van der Waals surface area contributed by atoms with Crippen LogP contribution in [0.4, 0.5) is 5.69 Å². The molecule has 4 nitrogen and oxygen atoms in total. The molecular weight excluding hydrogens is 298 g/mol. The van der Waals surface area contributed by atoms with Gasteiger partial charge in [-0.2, -0.15) is 5.26 Å². The third kappa shape index (κ3) is 3.60. The number of anilines is 1. The Kier molecular flexibility index (Phi) is 4.85. The number of hydrogen-bond donors (Lipinski definition) is 2. The van der Waals surface area contributed by atoms with Crippen LogP contribution in [0.1, 0.15) is 17.2 Å². The molecule has 3 rings (SSSR count). The Morgan fingerprint density at radius 2 is 1.75 bits per heavy atom. The van der Waals surface area contributed by atoms with E-state index in [1.165, 1.54) is 0 Å². The topological polar surface area (TPSA) is 68.9 Å². The number of nitriles is 1. The van der Waals surface area contributed by atoms with Crippen LogP contribution in [0.15, 0.2) is 73.1 Å². The number of aliphatic hydroxyl groups excluding tert-OH is 1. The highest BCUT2D eigenvalue weighted by Crippen LogP contribution is 2.24. The summed E-state index contributed by atoms with van der Waals surface area (Å²) in [4.78, 5) is 4.28. The van der Waals surface area contributed by atoms with Crippen LogP contribution in [0.25, 0.3) is 11.1 Å². The van der Waals surface area contributed by atoms with Crippen molar-refractivity contribution in [3.05, 3.63) is 84.2 Å². The van der Waals surface area contributed by atoms with E-state index in [1.807, 2.05) is 48.5 Å². The van der Waals surface area contributed by atoms with Gasteiger partial charge in [0.1, 0.15) is 0 Å². The summed E-state index contributed by atoms with van der Waals surface area (Å²) in [5, 5.41) is 21.9. The van der Waals surface area contributed by atoms with Crippen LogP contribution in [0, 0.1) is 11.3 Å². The zero-order valence-electron chi connectivity index (χ0n) is 13.1. The van der Waals surface area contributed by atoms with Crippen molar-refractivity contribution < 1.29 is 5.11 Å². The molecule has 118 valence electrons. The SMILES string of the molecule is N#Cc1ccc(-c2cncc(N[C@@H](CO)c3ccccc3)c2)cc1. The summed E-state index contributed by atoms with van der Waals surface area (Å²) in [5.74, 6) is 0. The van der Waals surface area contributed by atoms with Crippen LogP contribution < -0.4 is 5.32 Å². The zero-order valence-corrected chi connectivity index (χ0v) is 13.1. The average Bonchev–Trinajstić information content (AvgIpc) is 2.67. The van der Waals surface area contributed by atoms with Gasteiger partial charge < -0.3 is 10.4 Å². The highest BCUT2D eigenvalue weighted by atomic mass is 16.3. The Balaban J connectivity index is 1.83. The Labute approximate surface area is 141 Å². The summed E-state index contributed by atoms with van der Waals surface area (Å²) in [6.45, 7) is -0.00882. The standard InChI is InChI=1S/C20H17N3O/c21-11-15-6-8-16(9-7-15)18-10-19(13-22-12-18)23-20(14-24)17-4-2-1-3-5-17/h1-10,12-13,20,23-24H,14H2/t20-/m0/s1. The molecule has 0 fully saturated rings. The molecule has 1 aromatic heterocycles. The molecule has 2 N–H and O–H groups in total. The molecule has 0 aliphatic carbocycles. The van der Waals surface area contributed by atoms with E-state index in [4.69, 9.17) is 5.26 Å². The van der Waals surface area contributed by atoms with Crippen molar-refractivity contribution in [1.82, 2.24) is 4.98 Å². The molecule has 0 amide bonds. The van der Waals surface area contributed by atoms with Crippen molar-refractivity contribution in [2.75, 3.05) is 11.9 Å². The number of nitrogens with zero attached hydrogens (tertiary/aromatic N) is 2. The van der Waals surface area contributed by atoms with E-state index < -0.39 is 0 Å². The summed E-state index contributed by atoms with van der Waals surface area (Å²) >= 11 is 0. The summed E-state index contributed by atoms with van der Waals surface area (Å²) in [5.41, 5.74) is 4.42. The Bertz CT molecular complexity index is 839. The van der Waals surface area contributed by atoms with Gasteiger partial charge in [-0.15, -0.1) is 0 Å². The number of hydrogen-bond acceptors (Lipinski definition) is 4. The first-order valence-corrected chi connectivity index (χ1v) is 7.68. The molecule has 0 unspecified atom stereocenters. The maximum Gasteiger partial charge on any atom is 0.0991 e. The number of aromatic nitrogens is 1. The predicted molar refractivity (Wildman–Crippen MR) is 94.3 cm³/mol. The number of benzene rings is 2. The third-order valence-electron chi connectivity index (χ3n) is 3.81. The lowest BCUT2D eigenvalue weighted by Gasteiger charge is -2.18. The predicted octanol–water partition coefficient (Wildman–Crippen LogP) is 3.77. The quantitative estimate of drug-likeness (QED) is 0.752. The fourth-order valence-corrected chi connectivity index (χ4v) is 2.53. The second-order valence-corrected chi connectivity index (χ2v) is 5.44. The van der Waals surface area contributed by atoms with Crippen molar-refractivity contribution in [2.24, 2.45) is 0 Å². The lowest BCUT2D eigenvalue weighted by Crippen LogP contribution is -2.14. The Morgan fingerprint density at radius 1 is 1.00 bits per heavy atom. The molecule has 3 aromatic rings. The van der Waals surface area contributed by atoms with Crippen LogP contribution in [-0.2, 0) is 0 Å². The van der Waals surface area contributed by atoms with Crippen LogP contribution in [0.3, 0.4) is 0 Å². The molecule has 0 radical (unpaired) electrons. The van der Waals surface area contributed by atoms with Crippen molar-refractivity contribution in [1.29, 1.82) is 5.26 Å². The second-order valence-electron chi connectivity index (χ2n) is 5.44. The lowest BCUT2D eigenvalue weighted by atomic mass is 10.0. The number of nitrogens with one attached hydrogen (secondary N) is 1. The average molecular weight is 315 g/mol. The molecule has 0 spiro atoms. The molecule has 4 heteroatoms. The van der Waals surface area contributed by atoms with Gasteiger partial charge in [-0.1, -0.05) is 42.5 Å². The molecule has 0 saturated heterocycles. The van der Waals surface area contributed by atoms with Crippen molar-refractivity contribution in [3.8, 4) is 17.2 Å². The molecule has 0 bridgehead atoms. The van der Waals surface area contributed by atoms with Gasteiger partial charge in [0.15, 0.2) is 0 Å². The molecule has 1 heterocycles. The van der Waals surface area contributed by atoms with Gasteiger partial charge in [0.05, 0.1) is 30.0 Å². The molecule has 0 aliphatic rings. The van der Waals surface area contributed by atoms with E-state index in [9.17, 15) is 5.11 Å². The maximum absolute atomic E-state index is 9.67. The zero-order chi connectivity index (χ0) is 16.8. The van der Waals surface area contributed by atoms with E-state index in [2.05, 4.69) is 16.4 Å². The molecular formula is C20H17N3O. The Morgan fingerprint density at radius 3 is 2.42 bits per heavy atom. The summed E-state index contributed by atoms with van der Waals surface area (Å²) in [6, 6.07) is 21.1. The summed E-state index contributed by atoms with van der Waals surface area (Å²) in [7, 11) is 0. The maximum atomic E-state index is 9.67. The van der Waals surface area contributed by atoms with Gasteiger partial charge in [-0.05, 0) is 29.3 Å². The summed E-state index contributed by atoms with van der Waals surface area (Å²) < 4.78 is 0. The van der Waals surface area contributed by atoms with Gasteiger partial charge in [-0.25, -0.2) is 0 Å². The third-order valence-corrected chi connectivity index (χ3v) is 3.81. The second kappa shape index (κ2) is 7.40. The fraction of sp³-hybridized carbons (Fsp3) is 0.100. The highest BCUT2D eigenvalue weighted by molar-refractivity contribution is 5.67. The minimum Gasteiger partial charge on any atom is -0.394 e. The van der Waals surface area contributed by atoms with Crippen LogP contribution in [0.2, 0.25) is 0 Å². The van der Waals surface area contributed by atoms with E-state index in [0.29, 0.717) is 5.56 Å². The molecule has 2 aromatic carbocycles. The molecule has 0 aliphatic heterocycles. The largest absolute Gasteiger partial charge is 0.394 e. The van der Waals surface area contributed by atoms with Crippen molar-refractivity contribution in [2.45, 2.75) is 6.04 Å². The van der Waals surface area contributed by atoms with Gasteiger partial charge in [0, 0.05) is 18.0 Å². The minimum atomic E-state index is -0.191. The molecule has 0 saturated carbocycles. The van der Waals surface area contributed by atoms with Gasteiger partial charge >= 0.3 is 0 Å². The minimum absolute atomic E-state index is 0.00882. The van der Waals surface area contributed by atoms with E-state index >= 15 is 0 Å². The first-order chi connectivity index (χ1) is 11.8. The van der Waals surface area contributed by atoms with Gasteiger partial charge in [0.25, 0.3) is 0 Å². The van der Waals surface area contributed by atoms with E-state index in [-0.39, 0.29) is 12.6 Å². The van der Waals surface area contributed by atoms with E-state index in [1.54, 1.807) is 24.5 Å². The van der Waals surface area contributed by atoms with E-state index in [0.717, 1.165) is 22.4 Å². The molecule has 1 atom stereocenters. The smallest absolute Gasteiger partial charge is 0.0991 e. The number of aliphatic hydroxyl groups is 1. The first kappa shape index (κ1) is 15.7. The Hall–Kier alpha value is -3.16.